The number of hydrogen-bond donors (Lipinski definition) is 3. The number of aromatic nitrogens is 2. The Balaban J connectivity index is 1.67. The molecule has 0 radical (unpaired) electrons. The normalized spacial score (nSPS) is 14.2. The highest BCUT2D eigenvalue weighted by molar-refractivity contribution is 7.89. The van der Waals surface area contributed by atoms with Crippen molar-refractivity contribution in [3.05, 3.63) is 74.3 Å². The molecule has 1 saturated carbocycles. The molecule has 3 aromatic rings. The number of benzene rings is 2. The lowest BCUT2D eigenvalue weighted by Gasteiger charge is -2.22. The van der Waals surface area contributed by atoms with Crippen LogP contribution in [0, 0.1) is 0 Å². The number of nitrogens with zero attached hydrogens (tertiary/aromatic N) is 1. The standard InChI is InChI=1S/C20H20N4O5S/c1-21-18(25)13-4-2-12(3-5-13)11-24(14-6-7-14)30(28,29)15-8-9-16-17(10-15)23-20(27)19(26)22-16/h2-5,8-10,14H,6-7,11H2,1H3,(H,21,25)(H,22,26)(H,23,27). The minimum Gasteiger partial charge on any atom is -0.355 e. The Morgan fingerprint density at radius 3 is 2.27 bits per heavy atom. The maximum Gasteiger partial charge on any atom is 0.314 e. The third-order valence-electron chi connectivity index (χ3n) is 5.04. The first-order valence-corrected chi connectivity index (χ1v) is 10.8. The molecule has 1 aromatic heterocycles. The van der Waals surface area contributed by atoms with Crippen LogP contribution in [0.15, 0.2) is 56.9 Å². The minimum atomic E-state index is -3.84. The van der Waals surface area contributed by atoms with Crippen LogP contribution in [-0.4, -0.2) is 41.7 Å². The molecule has 0 bridgehead atoms. The highest BCUT2D eigenvalue weighted by Gasteiger charge is 2.38. The average molecular weight is 428 g/mol. The maximum atomic E-state index is 13.3. The average Bonchev–Trinajstić information content (AvgIpc) is 3.57. The Bertz CT molecular complexity index is 1340. The van der Waals surface area contributed by atoms with E-state index < -0.39 is 21.1 Å². The molecule has 4 rings (SSSR count). The monoisotopic (exact) mass is 428 g/mol. The second kappa shape index (κ2) is 7.54. The van der Waals surface area contributed by atoms with E-state index in [0.717, 1.165) is 18.4 Å². The molecule has 1 fully saturated rings. The Kier molecular flexibility index (Phi) is 5.04. The van der Waals surface area contributed by atoms with Gasteiger partial charge in [-0.05, 0) is 48.7 Å². The quantitative estimate of drug-likeness (QED) is 0.503. The van der Waals surface area contributed by atoms with Crippen molar-refractivity contribution in [2.24, 2.45) is 0 Å². The molecular formula is C20H20N4O5S. The molecule has 10 heteroatoms. The van der Waals surface area contributed by atoms with E-state index in [1.165, 1.54) is 22.5 Å². The SMILES string of the molecule is CNC(=O)c1ccc(CN(C2CC2)S(=O)(=O)c2ccc3[nH]c(=O)c(=O)[nH]c3c2)cc1. The summed E-state index contributed by atoms with van der Waals surface area (Å²) in [6.07, 6.45) is 1.54. The highest BCUT2D eigenvalue weighted by atomic mass is 32.2. The van der Waals surface area contributed by atoms with E-state index >= 15 is 0 Å². The summed E-state index contributed by atoms with van der Waals surface area (Å²) in [5.74, 6) is -0.212. The van der Waals surface area contributed by atoms with Crippen LogP contribution in [0.3, 0.4) is 0 Å². The molecule has 0 aliphatic heterocycles. The molecule has 9 nitrogen and oxygen atoms in total. The van der Waals surface area contributed by atoms with E-state index in [9.17, 15) is 22.8 Å². The van der Waals surface area contributed by atoms with Crippen molar-refractivity contribution in [3.8, 4) is 0 Å². The molecule has 1 heterocycles. The van der Waals surface area contributed by atoms with Gasteiger partial charge in [-0.25, -0.2) is 8.42 Å². The van der Waals surface area contributed by atoms with Crippen LogP contribution in [0.4, 0.5) is 0 Å². The van der Waals surface area contributed by atoms with Gasteiger partial charge in [0, 0.05) is 25.2 Å². The predicted octanol–water partition coefficient (Wildman–Crippen LogP) is 0.929. The van der Waals surface area contributed by atoms with Crippen LogP contribution >= 0.6 is 0 Å². The number of carbonyl (C=O) groups is 1. The fourth-order valence-corrected chi connectivity index (χ4v) is 4.95. The van der Waals surface area contributed by atoms with Gasteiger partial charge in [0.05, 0.1) is 15.9 Å². The zero-order chi connectivity index (χ0) is 21.5. The third kappa shape index (κ3) is 3.79. The zero-order valence-corrected chi connectivity index (χ0v) is 17.0. The second-order valence-corrected chi connectivity index (χ2v) is 9.06. The molecule has 1 aliphatic rings. The van der Waals surface area contributed by atoms with Gasteiger partial charge in [-0.1, -0.05) is 12.1 Å². The van der Waals surface area contributed by atoms with Crippen LogP contribution in [0.5, 0.6) is 0 Å². The second-order valence-electron chi connectivity index (χ2n) is 7.17. The number of aromatic amines is 2. The molecule has 0 spiro atoms. The third-order valence-corrected chi connectivity index (χ3v) is 6.93. The summed E-state index contributed by atoms with van der Waals surface area (Å²) in [6.45, 7) is 0.168. The molecule has 3 N–H and O–H groups in total. The maximum absolute atomic E-state index is 13.3. The lowest BCUT2D eigenvalue weighted by atomic mass is 10.1. The zero-order valence-electron chi connectivity index (χ0n) is 16.1. The number of nitrogens with one attached hydrogen (secondary N) is 3. The van der Waals surface area contributed by atoms with Crippen LogP contribution in [0.1, 0.15) is 28.8 Å². The first-order chi connectivity index (χ1) is 14.3. The molecule has 30 heavy (non-hydrogen) atoms. The molecule has 1 aliphatic carbocycles. The smallest absolute Gasteiger partial charge is 0.314 e. The van der Waals surface area contributed by atoms with Crippen LogP contribution < -0.4 is 16.4 Å². The number of amides is 1. The van der Waals surface area contributed by atoms with E-state index in [1.54, 1.807) is 31.3 Å². The van der Waals surface area contributed by atoms with Gasteiger partial charge in [0.15, 0.2) is 0 Å². The molecule has 0 unspecified atom stereocenters. The van der Waals surface area contributed by atoms with Gasteiger partial charge in [-0.3, -0.25) is 14.4 Å². The van der Waals surface area contributed by atoms with Crippen molar-refractivity contribution in [1.82, 2.24) is 19.6 Å². The van der Waals surface area contributed by atoms with E-state index in [-0.39, 0.29) is 28.9 Å². The number of carbonyl (C=O) groups excluding carboxylic acids is 1. The summed E-state index contributed by atoms with van der Waals surface area (Å²) in [7, 11) is -2.30. The Morgan fingerprint density at radius 2 is 1.67 bits per heavy atom. The van der Waals surface area contributed by atoms with Gasteiger partial charge in [-0.15, -0.1) is 0 Å². The fourth-order valence-electron chi connectivity index (χ4n) is 3.25. The molecule has 1 amide bonds. The van der Waals surface area contributed by atoms with Crippen molar-refractivity contribution < 1.29 is 13.2 Å². The van der Waals surface area contributed by atoms with Gasteiger partial charge >= 0.3 is 11.1 Å². The summed E-state index contributed by atoms with van der Waals surface area (Å²) in [5, 5.41) is 2.54. The molecular weight excluding hydrogens is 408 g/mol. The number of H-pyrrole nitrogens is 2. The fraction of sp³-hybridized carbons (Fsp3) is 0.250. The van der Waals surface area contributed by atoms with Crippen molar-refractivity contribution in [1.29, 1.82) is 0 Å². The minimum absolute atomic E-state index is 0.0339. The summed E-state index contributed by atoms with van der Waals surface area (Å²) in [6, 6.07) is 10.9. The molecule has 156 valence electrons. The highest BCUT2D eigenvalue weighted by Crippen LogP contribution is 2.34. The van der Waals surface area contributed by atoms with Gasteiger partial charge in [0.2, 0.25) is 10.0 Å². The first kappa shape index (κ1) is 20.0. The van der Waals surface area contributed by atoms with Crippen molar-refractivity contribution >= 4 is 27.0 Å². The van der Waals surface area contributed by atoms with Crippen LogP contribution in [0.2, 0.25) is 0 Å². The van der Waals surface area contributed by atoms with Crippen molar-refractivity contribution in [3.63, 3.8) is 0 Å². The lowest BCUT2D eigenvalue weighted by Crippen LogP contribution is -2.33. The van der Waals surface area contributed by atoms with Gasteiger partial charge in [0.1, 0.15) is 0 Å². The van der Waals surface area contributed by atoms with Crippen molar-refractivity contribution in [2.75, 3.05) is 7.05 Å². The largest absolute Gasteiger partial charge is 0.355 e. The van der Waals surface area contributed by atoms with E-state index in [1.807, 2.05) is 0 Å². The number of fused-ring (bicyclic) bond motifs is 1. The number of sulfonamides is 1. The first-order valence-electron chi connectivity index (χ1n) is 9.39. The number of hydrogen-bond acceptors (Lipinski definition) is 5. The van der Waals surface area contributed by atoms with Crippen LogP contribution in [0.25, 0.3) is 11.0 Å². The van der Waals surface area contributed by atoms with Gasteiger partial charge < -0.3 is 15.3 Å². The summed E-state index contributed by atoms with van der Waals surface area (Å²) in [4.78, 5) is 39.6. The predicted molar refractivity (Wildman–Crippen MR) is 111 cm³/mol. The van der Waals surface area contributed by atoms with Crippen LogP contribution in [-0.2, 0) is 16.6 Å². The summed E-state index contributed by atoms with van der Waals surface area (Å²) in [5.41, 5.74) is 0.212. The van der Waals surface area contributed by atoms with Gasteiger partial charge in [-0.2, -0.15) is 4.31 Å². The molecule has 2 aromatic carbocycles. The Morgan fingerprint density at radius 1 is 1.03 bits per heavy atom. The lowest BCUT2D eigenvalue weighted by molar-refractivity contribution is 0.0963. The van der Waals surface area contributed by atoms with E-state index in [4.69, 9.17) is 0 Å². The topological polar surface area (TPSA) is 132 Å². The summed E-state index contributed by atoms with van der Waals surface area (Å²) < 4.78 is 28.1. The summed E-state index contributed by atoms with van der Waals surface area (Å²) >= 11 is 0. The van der Waals surface area contributed by atoms with Gasteiger partial charge in [0.25, 0.3) is 5.91 Å². The Hall–Kier alpha value is -3.24. The number of rotatable bonds is 6. The van der Waals surface area contributed by atoms with E-state index in [0.29, 0.717) is 11.1 Å². The molecule has 0 saturated heterocycles. The van der Waals surface area contributed by atoms with Crippen molar-refractivity contribution in [2.45, 2.75) is 30.3 Å². The molecule has 0 atom stereocenters. The Labute approximate surface area is 171 Å². The van der Waals surface area contributed by atoms with E-state index in [2.05, 4.69) is 15.3 Å².